The third-order valence-corrected chi connectivity index (χ3v) is 3.27. The van der Waals surface area contributed by atoms with Gasteiger partial charge < -0.3 is 10.2 Å². The van der Waals surface area contributed by atoms with Gasteiger partial charge in [0.15, 0.2) is 0 Å². The summed E-state index contributed by atoms with van der Waals surface area (Å²) in [5.74, 6) is 0.554. The molecule has 2 rings (SSSR count). The second-order valence-electron chi connectivity index (χ2n) is 4.36. The minimum absolute atomic E-state index is 0.239. The zero-order valence-corrected chi connectivity index (χ0v) is 10.8. The van der Waals surface area contributed by atoms with Gasteiger partial charge in [-0.25, -0.2) is 0 Å². The summed E-state index contributed by atoms with van der Waals surface area (Å²) < 4.78 is 0. The summed E-state index contributed by atoms with van der Waals surface area (Å²) in [6.07, 6.45) is 1.69. The number of phenols is 2. The van der Waals surface area contributed by atoms with Crippen molar-refractivity contribution >= 4 is 0 Å². The maximum absolute atomic E-state index is 10.1. The van der Waals surface area contributed by atoms with Gasteiger partial charge in [-0.05, 0) is 41.7 Å². The van der Waals surface area contributed by atoms with Gasteiger partial charge in [-0.15, -0.1) is 0 Å². The van der Waals surface area contributed by atoms with Gasteiger partial charge in [-0.3, -0.25) is 0 Å². The summed E-state index contributed by atoms with van der Waals surface area (Å²) in [6, 6.07) is 11.0. The summed E-state index contributed by atoms with van der Waals surface area (Å²) >= 11 is 0. The van der Waals surface area contributed by atoms with Crippen molar-refractivity contribution in [3.8, 4) is 22.6 Å². The van der Waals surface area contributed by atoms with Crippen LogP contribution in [0.4, 0.5) is 0 Å². The molecule has 0 saturated heterocycles. The summed E-state index contributed by atoms with van der Waals surface area (Å²) in [5.41, 5.74) is 3.75. The number of aromatic hydroxyl groups is 2. The molecule has 0 amide bonds. The van der Waals surface area contributed by atoms with Gasteiger partial charge in [-0.2, -0.15) is 0 Å². The van der Waals surface area contributed by atoms with Crippen molar-refractivity contribution in [1.29, 1.82) is 0 Å². The normalized spacial score (nSPS) is 10.6. The van der Waals surface area contributed by atoms with E-state index in [1.807, 2.05) is 25.1 Å². The molecule has 0 fully saturated rings. The Morgan fingerprint density at radius 2 is 1.61 bits per heavy atom. The number of aryl methyl sites for hydroxylation is 1. The zero-order chi connectivity index (χ0) is 13.1. The van der Waals surface area contributed by atoms with E-state index < -0.39 is 0 Å². The Morgan fingerprint density at radius 3 is 2.22 bits per heavy atom. The van der Waals surface area contributed by atoms with Gasteiger partial charge in [0.1, 0.15) is 11.5 Å². The SMILES string of the molecule is CCc1cc(-c2ccccc2O)cc(O)c1CC. The first-order valence-electron chi connectivity index (χ1n) is 6.30. The van der Waals surface area contributed by atoms with Gasteiger partial charge in [-0.1, -0.05) is 38.1 Å². The highest BCUT2D eigenvalue weighted by Crippen LogP contribution is 2.34. The Hall–Kier alpha value is -1.96. The summed E-state index contributed by atoms with van der Waals surface area (Å²) in [5, 5.41) is 19.9. The number of rotatable bonds is 3. The van der Waals surface area contributed by atoms with Crippen molar-refractivity contribution in [2.45, 2.75) is 26.7 Å². The molecular weight excluding hydrogens is 224 g/mol. The van der Waals surface area contributed by atoms with Crippen molar-refractivity contribution in [3.05, 3.63) is 47.5 Å². The van der Waals surface area contributed by atoms with Gasteiger partial charge in [0, 0.05) is 5.56 Å². The third-order valence-electron chi connectivity index (χ3n) is 3.27. The van der Waals surface area contributed by atoms with E-state index >= 15 is 0 Å². The highest BCUT2D eigenvalue weighted by Gasteiger charge is 2.10. The topological polar surface area (TPSA) is 40.5 Å². The lowest BCUT2D eigenvalue weighted by molar-refractivity contribution is 0.467. The summed E-state index contributed by atoms with van der Waals surface area (Å²) in [6.45, 7) is 4.11. The number of hydrogen-bond donors (Lipinski definition) is 2. The van der Waals surface area contributed by atoms with Gasteiger partial charge in [0.2, 0.25) is 0 Å². The molecule has 2 nitrogen and oxygen atoms in total. The van der Waals surface area contributed by atoms with Crippen LogP contribution in [-0.2, 0) is 12.8 Å². The fourth-order valence-corrected chi connectivity index (χ4v) is 2.31. The van der Waals surface area contributed by atoms with Crippen LogP contribution < -0.4 is 0 Å². The minimum Gasteiger partial charge on any atom is -0.508 e. The van der Waals surface area contributed by atoms with Gasteiger partial charge in [0.25, 0.3) is 0 Å². The van der Waals surface area contributed by atoms with Crippen LogP contribution in [0, 0.1) is 0 Å². The molecule has 0 aliphatic carbocycles. The molecule has 18 heavy (non-hydrogen) atoms. The number of hydrogen-bond acceptors (Lipinski definition) is 2. The Labute approximate surface area is 108 Å². The molecule has 0 aromatic heterocycles. The Balaban J connectivity index is 2.60. The first-order valence-corrected chi connectivity index (χ1v) is 6.30. The van der Waals surface area contributed by atoms with E-state index in [1.54, 1.807) is 18.2 Å². The van der Waals surface area contributed by atoms with Crippen molar-refractivity contribution in [2.24, 2.45) is 0 Å². The summed E-state index contributed by atoms with van der Waals surface area (Å²) in [4.78, 5) is 0. The molecule has 0 heterocycles. The smallest absolute Gasteiger partial charge is 0.123 e. The molecule has 94 valence electrons. The third kappa shape index (κ3) is 2.19. The average molecular weight is 242 g/mol. The fourth-order valence-electron chi connectivity index (χ4n) is 2.31. The van der Waals surface area contributed by atoms with E-state index in [9.17, 15) is 10.2 Å². The summed E-state index contributed by atoms with van der Waals surface area (Å²) in [7, 11) is 0. The lowest BCUT2D eigenvalue weighted by atomic mass is 9.95. The monoisotopic (exact) mass is 242 g/mol. The standard InChI is InChI=1S/C16H18O2/c1-3-11-9-12(10-16(18)13(11)4-2)14-7-5-6-8-15(14)17/h5-10,17-18H,3-4H2,1-2H3. The van der Waals surface area contributed by atoms with Crippen LogP contribution in [0.15, 0.2) is 36.4 Å². The van der Waals surface area contributed by atoms with Crippen LogP contribution in [-0.4, -0.2) is 10.2 Å². The van der Waals surface area contributed by atoms with Crippen LogP contribution in [0.2, 0.25) is 0 Å². The molecule has 2 N–H and O–H groups in total. The Morgan fingerprint density at radius 1 is 0.889 bits per heavy atom. The van der Waals surface area contributed by atoms with Crippen LogP contribution >= 0.6 is 0 Å². The molecule has 0 radical (unpaired) electrons. The highest BCUT2D eigenvalue weighted by molar-refractivity contribution is 5.72. The largest absolute Gasteiger partial charge is 0.508 e. The first kappa shape index (κ1) is 12.5. The molecule has 0 bridgehead atoms. The van der Waals surface area contributed by atoms with Crippen molar-refractivity contribution in [2.75, 3.05) is 0 Å². The quantitative estimate of drug-likeness (QED) is 0.857. The molecule has 0 atom stereocenters. The maximum atomic E-state index is 10.1. The average Bonchev–Trinajstić information content (AvgIpc) is 2.38. The molecule has 2 heteroatoms. The zero-order valence-electron chi connectivity index (χ0n) is 10.8. The van der Waals surface area contributed by atoms with Gasteiger partial charge >= 0.3 is 0 Å². The van der Waals surface area contributed by atoms with E-state index in [-0.39, 0.29) is 5.75 Å². The second kappa shape index (κ2) is 5.13. The van der Waals surface area contributed by atoms with Crippen LogP contribution in [0.25, 0.3) is 11.1 Å². The molecule has 0 aliphatic rings. The predicted molar refractivity (Wildman–Crippen MR) is 74.0 cm³/mol. The molecule has 2 aromatic rings. The number of para-hydroxylation sites is 1. The van der Waals surface area contributed by atoms with E-state index in [1.165, 1.54) is 0 Å². The molecule has 0 spiro atoms. The van der Waals surface area contributed by atoms with Crippen molar-refractivity contribution in [1.82, 2.24) is 0 Å². The minimum atomic E-state index is 0.239. The molecule has 0 aliphatic heterocycles. The van der Waals surface area contributed by atoms with E-state index in [4.69, 9.17) is 0 Å². The molecule has 0 unspecified atom stereocenters. The fraction of sp³-hybridized carbons (Fsp3) is 0.250. The Kier molecular flexibility index (Phi) is 3.56. The number of phenolic OH excluding ortho intramolecular Hbond substituents is 2. The van der Waals surface area contributed by atoms with Crippen molar-refractivity contribution < 1.29 is 10.2 Å². The van der Waals surface area contributed by atoms with E-state index in [0.717, 1.165) is 35.1 Å². The lowest BCUT2D eigenvalue weighted by Gasteiger charge is -2.12. The van der Waals surface area contributed by atoms with Crippen molar-refractivity contribution in [3.63, 3.8) is 0 Å². The van der Waals surface area contributed by atoms with Crippen LogP contribution in [0.5, 0.6) is 11.5 Å². The number of benzene rings is 2. The second-order valence-corrected chi connectivity index (χ2v) is 4.36. The Bertz CT molecular complexity index is 559. The van der Waals surface area contributed by atoms with E-state index in [0.29, 0.717) is 5.75 Å². The first-order chi connectivity index (χ1) is 8.67. The van der Waals surface area contributed by atoms with Gasteiger partial charge in [0.05, 0.1) is 0 Å². The van der Waals surface area contributed by atoms with E-state index in [2.05, 4.69) is 6.92 Å². The van der Waals surface area contributed by atoms with Crippen LogP contribution in [0.1, 0.15) is 25.0 Å². The maximum Gasteiger partial charge on any atom is 0.123 e. The highest BCUT2D eigenvalue weighted by atomic mass is 16.3. The lowest BCUT2D eigenvalue weighted by Crippen LogP contribution is -1.93. The molecule has 2 aromatic carbocycles. The molecular formula is C16H18O2. The predicted octanol–water partition coefficient (Wildman–Crippen LogP) is 3.89. The van der Waals surface area contributed by atoms with Crippen LogP contribution in [0.3, 0.4) is 0 Å². The molecule has 0 saturated carbocycles.